The summed E-state index contributed by atoms with van der Waals surface area (Å²) in [4.78, 5) is 33.8. The molecule has 0 radical (unpaired) electrons. The lowest BCUT2D eigenvalue weighted by molar-refractivity contribution is -0.115. The van der Waals surface area contributed by atoms with Gasteiger partial charge in [0.15, 0.2) is 0 Å². The molecule has 148 valence electrons. The van der Waals surface area contributed by atoms with Crippen LogP contribution in [-0.4, -0.2) is 71.0 Å². The molecule has 1 amide bonds. The quantitative estimate of drug-likeness (QED) is 0.716. The molecular formula is C19H26N8O. The lowest BCUT2D eigenvalue weighted by Gasteiger charge is -2.32. The third-order valence-corrected chi connectivity index (χ3v) is 4.47. The molecule has 3 rings (SSSR count). The first-order valence-electron chi connectivity index (χ1n) is 9.38. The minimum atomic E-state index is -0.157. The topological polar surface area (TPSA) is 99.2 Å². The second-order valence-electron chi connectivity index (χ2n) is 6.57. The van der Waals surface area contributed by atoms with Crippen molar-refractivity contribution < 1.29 is 4.79 Å². The first kappa shape index (κ1) is 19.7. The van der Waals surface area contributed by atoms with Crippen LogP contribution < -0.4 is 15.5 Å². The van der Waals surface area contributed by atoms with Crippen molar-refractivity contribution in [1.82, 2.24) is 30.2 Å². The number of hydrogen-bond acceptors (Lipinski definition) is 8. The van der Waals surface area contributed by atoms with Gasteiger partial charge in [-0.05, 0) is 30.8 Å². The van der Waals surface area contributed by atoms with Gasteiger partial charge in [0.05, 0.1) is 0 Å². The summed E-state index contributed by atoms with van der Waals surface area (Å²) in [5.41, 5.74) is 0.831. The molecule has 1 aliphatic heterocycles. The predicted octanol–water partition coefficient (Wildman–Crippen LogP) is 1.08. The first-order valence-corrected chi connectivity index (χ1v) is 9.38. The summed E-state index contributed by atoms with van der Waals surface area (Å²) < 4.78 is 0. The Labute approximate surface area is 164 Å². The molecule has 2 aromatic rings. The van der Waals surface area contributed by atoms with Crippen LogP contribution in [0.5, 0.6) is 0 Å². The number of hydrogen-bond donors (Lipinski definition) is 2. The molecule has 1 aliphatic rings. The molecule has 0 saturated carbocycles. The summed E-state index contributed by atoms with van der Waals surface area (Å²) in [5, 5.41) is 5.69. The van der Waals surface area contributed by atoms with Crippen LogP contribution in [0.4, 0.5) is 17.7 Å². The van der Waals surface area contributed by atoms with Gasteiger partial charge in [-0.2, -0.15) is 15.0 Å². The summed E-state index contributed by atoms with van der Waals surface area (Å²) in [7, 11) is 3.71. The average molecular weight is 382 g/mol. The van der Waals surface area contributed by atoms with Gasteiger partial charge in [-0.3, -0.25) is 4.79 Å². The van der Waals surface area contributed by atoms with Gasteiger partial charge in [0.25, 0.3) is 0 Å². The number of piperazine rings is 1. The van der Waals surface area contributed by atoms with E-state index < -0.39 is 0 Å². The Morgan fingerprint density at radius 3 is 2.61 bits per heavy atom. The Morgan fingerprint density at radius 2 is 1.96 bits per heavy atom. The van der Waals surface area contributed by atoms with Crippen molar-refractivity contribution >= 4 is 29.7 Å². The van der Waals surface area contributed by atoms with Gasteiger partial charge in [0.1, 0.15) is 11.6 Å². The maximum Gasteiger partial charge on any atom is 0.243 e. The van der Waals surface area contributed by atoms with Gasteiger partial charge >= 0.3 is 0 Å². The van der Waals surface area contributed by atoms with E-state index in [1.54, 1.807) is 19.3 Å². The largest absolute Gasteiger partial charge is 0.356 e. The molecule has 0 aliphatic carbocycles. The van der Waals surface area contributed by atoms with E-state index in [1.807, 2.05) is 19.1 Å². The Hall–Kier alpha value is -3.07. The molecule has 0 atom stereocenters. The van der Waals surface area contributed by atoms with Crippen LogP contribution in [0.3, 0.4) is 0 Å². The molecule has 2 N–H and O–H groups in total. The van der Waals surface area contributed by atoms with Gasteiger partial charge < -0.3 is 20.4 Å². The van der Waals surface area contributed by atoms with E-state index in [4.69, 9.17) is 0 Å². The highest BCUT2D eigenvalue weighted by molar-refractivity contribution is 5.91. The predicted molar refractivity (Wildman–Crippen MR) is 110 cm³/mol. The van der Waals surface area contributed by atoms with Crippen LogP contribution in [-0.2, 0) is 11.2 Å². The first-order chi connectivity index (χ1) is 13.6. The molecule has 1 saturated heterocycles. The zero-order valence-corrected chi connectivity index (χ0v) is 16.5. The molecule has 0 aromatic carbocycles. The summed E-state index contributed by atoms with van der Waals surface area (Å²) in [5.74, 6) is 2.41. The Balaban J connectivity index is 1.73. The highest BCUT2D eigenvalue weighted by Gasteiger charge is 2.18. The normalized spacial score (nSPS) is 15.0. The molecular weight excluding hydrogens is 356 g/mol. The fourth-order valence-electron chi connectivity index (χ4n) is 2.72. The third-order valence-electron chi connectivity index (χ3n) is 4.47. The number of rotatable bonds is 6. The van der Waals surface area contributed by atoms with Gasteiger partial charge in [-0.1, -0.05) is 6.92 Å². The average Bonchev–Trinajstić information content (AvgIpc) is 2.73. The lowest BCUT2D eigenvalue weighted by Crippen LogP contribution is -2.45. The zero-order valence-electron chi connectivity index (χ0n) is 16.5. The van der Waals surface area contributed by atoms with Crippen molar-refractivity contribution in [3.63, 3.8) is 0 Å². The van der Waals surface area contributed by atoms with Crippen LogP contribution in [0.2, 0.25) is 0 Å². The van der Waals surface area contributed by atoms with E-state index in [-0.39, 0.29) is 5.91 Å². The monoisotopic (exact) mass is 382 g/mol. The molecule has 3 heterocycles. The Morgan fingerprint density at radius 1 is 1.18 bits per heavy atom. The standard InChI is InChI=1S/C19H26N8O/c1-4-15-22-18(25-19(24-15)27-11-9-26(3)10-12-27)23-16-7-5-14(13-21-16)6-8-17(28)20-2/h5-8,13H,4,9-12H2,1-3H3,(H,20,28)(H,21,22,23,24,25). The second kappa shape index (κ2) is 9.23. The summed E-state index contributed by atoms with van der Waals surface area (Å²) >= 11 is 0. The van der Waals surface area contributed by atoms with E-state index in [0.717, 1.165) is 44.0 Å². The van der Waals surface area contributed by atoms with Gasteiger partial charge in [0, 0.05) is 51.9 Å². The van der Waals surface area contributed by atoms with Crippen LogP contribution in [0.15, 0.2) is 24.4 Å². The van der Waals surface area contributed by atoms with Crippen molar-refractivity contribution in [2.75, 3.05) is 50.5 Å². The van der Waals surface area contributed by atoms with Gasteiger partial charge in [0.2, 0.25) is 17.8 Å². The highest BCUT2D eigenvalue weighted by Crippen LogP contribution is 2.17. The minimum Gasteiger partial charge on any atom is -0.356 e. The number of aromatic nitrogens is 4. The molecule has 0 spiro atoms. The van der Waals surface area contributed by atoms with E-state index in [2.05, 4.69) is 47.4 Å². The fourth-order valence-corrected chi connectivity index (χ4v) is 2.72. The molecule has 9 nitrogen and oxygen atoms in total. The Bertz CT molecular complexity index is 828. The van der Waals surface area contributed by atoms with Crippen molar-refractivity contribution in [3.05, 3.63) is 35.8 Å². The number of carbonyl (C=O) groups is 1. The minimum absolute atomic E-state index is 0.157. The molecule has 2 aromatic heterocycles. The smallest absolute Gasteiger partial charge is 0.243 e. The SMILES string of the molecule is CCc1nc(Nc2ccc(C=CC(=O)NC)cn2)nc(N2CCN(C)CC2)n1. The lowest BCUT2D eigenvalue weighted by atomic mass is 10.2. The number of carbonyl (C=O) groups excluding carboxylic acids is 1. The molecule has 0 unspecified atom stereocenters. The van der Waals surface area contributed by atoms with Crippen molar-refractivity contribution in [2.45, 2.75) is 13.3 Å². The van der Waals surface area contributed by atoms with E-state index in [1.165, 1.54) is 6.08 Å². The number of pyridine rings is 1. The van der Waals surface area contributed by atoms with Crippen LogP contribution in [0, 0.1) is 0 Å². The zero-order chi connectivity index (χ0) is 19.9. The summed E-state index contributed by atoms with van der Waals surface area (Å²) in [6.07, 6.45) is 5.59. The number of nitrogens with zero attached hydrogens (tertiary/aromatic N) is 6. The van der Waals surface area contributed by atoms with E-state index >= 15 is 0 Å². The highest BCUT2D eigenvalue weighted by atomic mass is 16.1. The third kappa shape index (κ3) is 5.23. The van der Waals surface area contributed by atoms with Gasteiger partial charge in [-0.15, -0.1) is 0 Å². The molecule has 9 heteroatoms. The maximum absolute atomic E-state index is 11.3. The maximum atomic E-state index is 11.3. The second-order valence-corrected chi connectivity index (χ2v) is 6.57. The number of anilines is 3. The Kier molecular flexibility index (Phi) is 6.49. The van der Waals surface area contributed by atoms with Gasteiger partial charge in [-0.25, -0.2) is 4.98 Å². The number of likely N-dealkylation sites (N-methyl/N-ethyl adjacent to an activating group) is 2. The fraction of sp³-hybridized carbons (Fsp3) is 0.421. The van der Waals surface area contributed by atoms with Crippen LogP contribution in [0.1, 0.15) is 18.3 Å². The van der Waals surface area contributed by atoms with Crippen LogP contribution >= 0.6 is 0 Å². The number of amides is 1. The summed E-state index contributed by atoms with van der Waals surface area (Å²) in [6, 6.07) is 3.70. The molecule has 1 fully saturated rings. The number of nitrogens with one attached hydrogen (secondary N) is 2. The van der Waals surface area contributed by atoms with Crippen LogP contribution in [0.25, 0.3) is 6.08 Å². The molecule has 0 bridgehead atoms. The van der Waals surface area contributed by atoms with Crippen molar-refractivity contribution in [1.29, 1.82) is 0 Å². The van der Waals surface area contributed by atoms with E-state index in [0.29, 0.717) is 17.7 Å². The molecule has 28 heavy (non-hydrogen) atoms. The van der Waals surface area contributed by atoms with Crippen molar-refractivity contribution in [2.24, 2.45) is 0 Å². The number of aryl methyl sites for hydroxylation is 1. The van der Waals surface area contributed by atoms with Crippen molar-refractivity contribution in [3.8, 4) is 0 Å². The van der Waals surface area contributed by atoms with E-state index in [9.17, 15) is 4.79 Å². The summed E-state index contributed by atoms with van der Waals surface area (Å²) in [6.45, 7) is 5.80.